The quantitative estimate of drug-likeness (QED) is 0.794. The molecule has 1 aromatic rings. The summed E-state index contributed by atoms with van der Waals surface area (Å²) < 4.78 is 14.5. The minimum atomic E-state index is -0.298. The molecule has 1 aliphatic heterocycles. The summed E-state index contributed by atoms with van der Waals surface area (Å²) in [6.07, 6.45) is 2.67. The van der Waals surface area contributed by atoms with Gasteiger partial charge in [-0.25, -0.2) is 0 Å². The third-order valence-corrected chi connectivity index (χ3v) is 5.05. The molecule has 4 nitrogen and oxygen atoms in total. The summed E-state index contributed by atoms with van der Waals surface area (Å²) in [6.45, 7) is 13.6. The van der Waals surface area contributed by atoms with E-state index in [0.717, 1.165) is 23.6 Å². The zero-order valence-corrected chi connectivity index (χ0v) is 13.5. The molecule has 0 spiro atoms. The highest BCUT2D eigenvalue weighted by Gasteiger charge is 2.53. The van der Waals surface area contributed by atoms with Crippen molar-refractivity contribution in [1.82, 2.24) is 9.78 Å². The summed E-state index contributed by atoms with van der Waals surface area (Å²) in [5.74, 6) is 0.819. The molecule has 2 aliphatic rings. The molecule has 0 unspecified atom stereocenters. The van der Waals surface area contributed by atoms with Crippen LogP contribution < -0.4 is 5.46 Å². The van der Waals surface area contributed by atoms with E-state index < -0.39 is 0 Å². The molecule has 3 rings (SSSR count). The fraction of sp³-hybridized carbons (Fsp3) is 0.800. The van der Waals surface area contributed by atoms with Crippen molar-refractivity contribution in [3.05, 3.63) is 11.4 Å². The Morgan fingerprint density at radius 2 is 1.70 bits per heavy atom. The van der Waals surface area contributed by atoms with Crippen LogP contribution in [0, 0.1) is 19.8 Å². The van der Waals surface area contributed by atoms with Crippen LogP contribution in [0.25, 0.3) is 0 Å². The van der Waals surface area contributed by atoms with E-state index in [1.165, 1.54) is 18.5 Å². The van der Waals surface area contributed by atoms with Crippen LogP contribution in [-0.4, -0.2) is 28.1 Å². The van der Waals surface area contributed by atoms with E-state index in [1.807, 2.05) is 0 Å². The maximum Gasteiger partial charge on any atom is 0.498 e. The minimum Gasteiger partial charge on any atom is -0.399 e. The molecule has 0 aromatic carbocycles. The number of aryl methyl sites for hydroxylation is 1. The van der Waals surface area contributed by atoms with Crippen molar-refractivity contribution in [3.63, 3.8) is 0 Å². The molecule has 20 heavy (non-hydrogen) atoms. The van der Waals surface area contributed by atoms with Crippen molar-refractivity contribution in [2.24, 2.45) is 5.92 Å². The maximum absolute atomic E-state index is 6.17. The molecule has 1 saturated carbocycles. The molecule has 1 aromatic heterocycles. The number of hydrogen-bond donors (Lipinski definition) is 0. The van der Waals surface area contributed by atoms with E-state index in [1.54, 1.807) is 0 Å². The van der Waals surface area contributed by atoms with Crippen LogP contribution in [0.1, 0.15) is 51.9 Å². The highest BCUT2D eigenvalue weighted by atomic mass is 16.7. The van der Waals surface area contributed by atoms with Crippen LogP contribution in [0.15, 0.2) is 0 Å². The van der Waals surface area contributed by atoms with Gasteiger partial charge in [0.15, 0.2) is 0 Å². The van der Waals surface area contributed by atoms with Gasteiger partial charge in [-0.3, -0.25) is 4.68 Å². The second kappa shape index (κ2) is 4.34. The Hall–Kier alpha value is -0.805. The normalized spacial score (nSPS) is 24.4. The first-order valence-corrected chi connectivity index (χ1v) is 7.61. The predicted molar refractivity (Wildman–Crippen MR) is 80.1 cm³/mol. The number of aromatic nitrogens is 2. The first kappa shape index (κ1) is 14.1. The largest absolute Gasteiger partial charge is 0.498 e. The monoisotopic (exact) mass is 276 g/mol. The summed E-state index contributed by atoms with van der Waals surface area (Å²) in [6, 6.07) is 0. The van der Waals surface area contributed by atoms with Crippen LogP contribution in [0.5, 0.6) is 0 Å². The molecule has 1 aliphatic carbocycles. The Labute approximate surface area is 122 Å². The highest BCUT2D eigenvalue weighted by Crippen LogP contribution is 2.37. The first-order valence-electron chi connectivity index (χ1n) is 7.61. The molecule has 0 radical (unpaired) electrons. The van der Waals surface area contributed by atoms with Crippen LogP contribution in [-0.2, 0) is 15.9 Å². The minimum absolute atomic E-state index is 0.296. The zero-order chi connectivity index (χ0) is 14.7. The van der Waals surface area contributed by atoms with Crippen LogP contribution >= 0.6 is 0 Å². The van der Waals surface area contributed by atoms with Crippen molar-refractivity contribution in [2.45, 2.75) is 72.1 Å². The summed E-state index contributed by atoms with van der Waals surface area (Å²) in [5, 5.41) is 4.69. The molecule has 0 N–H and O–H groups in total. The Morgan fingerprint density at radius 3 is 2.20 bits per heavy atom. The zero-order valence-electron chi connectivity index (χ0n) is 13.5. The van der Waals surface area contributed by atoms with Gasteiger partial charge in [-0.05, 0) is 60.3 Å². The van der Waals surface area contributed by atoms with Crippen LogP contribution in [0.3, 0.4) is 0 Å². The average molecular weight is 276 g/mol. The standard InChI is InChI=1S/C15H25BN2O2/c1-10-13(11(2)18(17-10)9-12-7-8-12)16-19-14(3,4)15(5,6)20-16/h12H,7-9H2,1-6H3. The van der Waals surface area contributed by atoms with Gasteiger partial charge in [0.1, 0.15) is 0 Å². The Morgan fingerprint density at radius 1 is 1.15 bits per heavy atom. The molecule has 0 amide bonds. The van der Waals surface area contributed by atoms with Gasteiger partial charge in [0.25, 0.3) is 0 Å². The highest BCUT2D eigenvalue weighted by molar-refractivity contribution is 6.63. The molecule has 2 heterocycles. The summed E-state index contributed by atoms with van der Waals surface area (Å²) in [4.78, 5) is 0. The SMILES string of the molecule is Cc1nn(CC2CC2)c(C)c1B1OC(C)(C)C(C)(C)O1. The molecule has 0 atom stereocenters. The van der Waals surface area contributed by atoms with Crippen LogP contribution in [0.4, 0.5) is 0 Å². The molecule has 110 valence electrons. The topological polar surface area (TPSA) is 36.3 Å². The summed E-state index contributed by atoms with van der Waals surface area (Å²) in [5.41, 5.74) is 2.74. The Kier molecular flexibility index (Phi) is 3.07. The summed E-state index contributed by atoms with van der Waals surface area (Å²) in [7, 11) is -0.298. The van der Waals surface area contributed by atoms with Gasteiger partial charge in [-0.15, -0.1) is 0 Å². The number of hydrogen-bond acceptors (Lipinski definition) is 3. The maximum atomic E-state index is 6.17. The fourth-order valence-electron chi connectivity index (χ4n) is 2.74. The average Bonchev–Trinajstić information content (AvgIpc) is 3.01. The van der Waals surface area contributed by atoms with E-state index in [9.17, 15) is 0 Å². The van der Waals surface area contributed by atoms with E-state index >= 15 is 0 Å². The molecule has 2 fully saturated rings. The third-order valence-electron chi connectivity index (χ3n) is 5.05. The Balaban J connectivity index is 1.89. The van der Waals surface area contributed by atoms with Gasteiger partial charge in [-0.2, -0.15) is 5.10 Å². The molecule has 1 saturated heterocycles. The van der Waals surface area contributed by atoms with Crippen molar-refractivity contribution < 1.29 is 9.31 Å². The van der Waals surface area contributed by atoms with E-state index in [4.69, 9.17) is 9.31 Å². The molecule has 5 heteroatoms. The Bertz CT molecular complexity index is 516. The lowest BCUT2D eigenvalue weighted by atomic mass is 9.77. The molecular weight excluding hydrogens is 251 g/mol. The van der Waals surface area contributed by atoms with Gasteiger partial charge < -0.3 is 9.31 Å². The molecule has 0 bridgehead atoms. The lowest BCUT2D eigenvalue weighted by Crippen LogP contribution is -2.41. The van der Waals surface area contributed by atoms with Crippen molar-refractivity contribution in [3.8, 4) is 0 Å². The first-order chi connectivity index (χ1) is 9.21. The third kappa shape index (κ3) is 2.21. The second-order valence-electron chi connectivity index (χ2n) is 7.30. The lowest BCUT2D eigenvalue weighted by Gasteiger charge is -2.32. The van der Waals surface area contributed by atoms with Gasteiger partial charge in [0.2, 0.25) is 0 Å². The van der Waals surface area contributed by atoms with E-state index in [-0.39, 0.29) is 18.3 Å². The van der Waals surface area contributed by atoms with E-state index in [2.05, 4.69) is 51.3 Å². The number of nitrogens with zero attached hydrogens (tertiary/aromatic N) is 2. The van der Waals surface area contributed by atoms with Crippen molar-refractivity contribution in [1.29, 1.82) is 0 Å². The van der Waals surface area contributed by atoms with Crippen molar-refractivity contribution in [2.75, 3.05) is 0 Å². The lowest BCUT2D eigenvalue weighted by molar-refractivity contribution is 0.00578. The predicted octanol–water partition coefficient (Wildman–Crippen LogP) is 2.21. The van der Waals surface area contributed by atoms with Gasteiger partial charge in [0.05, 0.1) is 16.9 Å². The summed E-state index contributed by atoms with van der Waals surface area (Å²) >= 11 is 0. The number of rotatable bonds is 3. The fourth-order valence-corrected chi connectivity index (χ4v) is 2.74. The van der Waals surface area contributed by atoms with E-state index in [0.29, 0.717) is 0 Å². The van der Waals surface area contributed by atoms with Gasteiger partial charge in [0, 0.05) is 17.7 Å². The van der Waals surface area contributed by atoms with Crippen LogP contribution in [0.2, 0.25) is 0 Å². The molecular formula is C15H25BN2O2. The van der Waals surface area contributed by atoms with Gasteiger partial charge in [-0.1, -0.05) is 0 Å². The smallest absolute Gasteiger partial charge is 0.399 e. The van der Waals surface area contributed by atoms with Crippen molar-refractivity contribution >= 4 is 12.6 Å². The van der Waals surface area contributed by atoms with Gasteiger partial charge >= 0.3 is 7.12 Å². The second-order valence-corrected chi connectivity index (χ2v) is 7.30.